The van der Waals surface area contributed by atoms with E-state index in [0.717, 1.165) is 11.1 Å². The van der Waals surface area contributed by atoms with Crippen molar-refractivity contribution in [2.24, 2.45) is 5.73 Å². The number of phenolic OH excluding ortho intramolecular Hbond substituents is 1. The van der Waals surface area contributed by atoms with Gasteiger partial charge in [-0.1, -0.05) is 20.8 Å². The van der Waals surface area contributed by atoms with Gasteiger partial charge in [-0.05, 0) is 30.0 Å². The predicted octanol–water partition coefficient (Wildman–Crippen LogP) is 2.72. The Morgan fingerprint density at radius 2 is 1.88 bits per heavy atom. The van der Waals surface area contributed by atoms with Gasteiger partial charge in [0, 0.05) is 11.6 Å². The number of hydrogen-bond donors (Lipinski definition) is 2. The lowest BCUT2D eigenvalue weighted by molar-refractivity contribution is 0.367. The molecule has 1 rings (SSSR count). The Labute approximate surface area is 97.2 Å². The van der Waals surface area contributed by atoms with Gasteiger partial charge in [0.05, 0.1) is 7.11 Å². The topological polar surface area (TPSA) is 55.5 Å². The van der Waals surface area contributed by atoms with Gasteiger partial charge in [0.1, 0.15) is 0 Å². The van der Waals surface area contributed by atoms with Crippen LogP contribution in [0.25, 0.3) is 0 Å². The maximum Gasteiger partial charge on any atom is 0.162 e. The van der Waals surface area contributed by atoms with Crippen LogP contribution in [0.1, 0.15) is 44.9 Å². The number of phenols is 1. The van der Waals surface area contributed by atoms with Crippen LogP contribution in [-0.2, 0) is 5.41 Å². The van der Waals surface area contributed by atoms with Crippen molar-refractivity contribution < 1.29 is 9.84 Å². The highest BCUT2D eigenvalue weighted by Gasteiger charge is 2.20. The lowest BCUT2D eigenvalue weighted by atomic mass is 9.85. The zero-order valence-electron chi connectivity index (χ0n) is 10.7. The van der Waals surface area contributed by atoms with Crippen LogP contribution in [-0.4, -0.2) is 12.2 Å². The molecule has 0 radical (unpaired) electrons. The van der Waals surface area contributed by atoms with E-state index in [4.69, 9.17) is 10.5 Å². The summed E-state index contributed by atoms with van der Waals surface area (Å²) in [5.74, 6) is 0.630. The number of ether oxygens (including phenoxy) is 1. The Morgan fingerprint density at radius 1 is 1.31 bits per heavy atom. The fourth-order valence-corrected chi connectivity index (χ4v) is 1.57. The van der Waals surface area contributed by atoms with E-state index in [9.17, 15) is 5.11 Å². The lowest BCUT2D eigenvalue weighted by Gasteiger charge is -2.22. The standard InChI is InChI=1S/C13H21NO2/c1-8(14)10-6-9(13(2,3)4)7-11(16-5)12(10)15/h6-8,15H,14H2,1-5H3. The van der Waals surface area contributed by atoms with E-state index >= 15 is 0 Å². The van der Waals surface area contributed by atoms with E-state index in [-0.39, 0.29) is 17.2 Å². The highest BCUT2D eigenvalue weighted by molar-refractivity contribution is 5.51. The van der Waals surface area contributed by atoms with Crippen LogP contribution in [0.3, 0.4) is 0 Å². The van der Waals surface area contributed by atoms with Crippen molar-refractivity contribution in [2.75, 3.05) is 7.11 Å². The molecule has 0 saturated heterocycles. The van der Waals surface area contributed by atoms with Crippen molar-refractivity contribution in [1.82, 2.24) is 0 Å². The molecule has 90 valence electrons. The van der Waals surface area contributed by atoms with Crippen LogP contribution in [0.15, 0.2) is 12.1 Å². The normalized spacial score (nSPS) is 13.6. The van der Waals surface area contributed by atoms with E-state index in [0.29, 0.717) is 5.75 Å². The molecule has 1 atom stereocenters. The van der Waals surface area contributed by atoms with Crippen molar-refractivity contribution in [3.8, 4) is 11.5 Å². The smallest absolute Gasteiger partial charge is 0.162 e. The van der Waals surface area contributed by atoms with Gasteiger partial charge in [0.25, 0.3) is 0 Å². The van der Waals surface area contributed by atoms with Gasteiger partial charge in [-0.15, -0.1) is 0 Å². The lowest BCUT2D eigenvalue weighted by Crippen LogP contribution is -2.14. The highest BCUT2D eigenvalue weighted by Crippen LogP contribution is 2.37. The van der Waals surface area contributed by atoms with E-state index in [1.54, 1.807) is 7.11 Å². The fourth-order valence-electron chi connectivity index (χ4n) is 1.57. The van der Waals surface area contributed by atoms with Crippen molar-refractivity contribution in [3.05, 3.63) is 23.3 Å². The van der Waals surface area contributed by atoms with Crippen LogP contribution in [0, 0.1) is 0 Å². The van der Waals surface area contributed by atoms with Gasteiger partial charge in [-0.3, -0.25) is 0 Å². The molecule has 0 spiro atoms. The third kappa shape index (κ3) is 2.47. The number of aromatic hydroxyl groups is 1. The molecular weight excluding hydrogens is 202 g/mol. The minimum absolute atomic E-state index is 0.00458. The number of rotatable bonds is 2. The Bertz CT molecular complexity index is 378. The van der Waals surface area contributed by atoms with E-state index in [1.165, 1.54) is 0 Å². The van der Waals surface area contributed by atoms with Gasteiger partial charge in [-0.2, -0.15) is 0 Å². The molecule has 0 heterocycles. The Kier molecular flexibility index (Phi) is 3.48. The van der Waals surface area contributed by atoms with E-state index in [1.807, 2.05) is 19.1 Å². The minimum Gasteiger partial charge on any atom is -0.504 e. The molecule has 0 fully saturated rings. The molecule has 1 unspecified atom stereocenters. The van der Waals surface area contributed by atoms with Crippen molar-refractivity contribution in [1.29, 1.82) is 0 Å². The number of nitrogens with two attached hydrogens (primary N) is 1. The Balaban J connectivity index is 3.40. The van der Waals surface area contributed by atoms with Crippen molar-refractivity contribution >= 4 is 0 Å². The monoisotopic (exact) mass is 223 g/mol. The number of benzene rings is 1. The maximum absolute atomic E-state index is 9.94. The molecule has 0 aliphatic carbocycles. The first-order chi connectivity index (χ1) is 7.27. The third-order valence-corrected chi connectivity index (χ3v) is 2.68. The molecule has 3 heteroatoms. The molecule has 0 saturated carbocycles. The molecule has 1 aromatic carbocycles. The number of methoxy groups -OCH3 is 1. The first-order valence-electron chi connectivity index (χ1n) is 5.44. The second-order valence-electron chi connectivity index (χ2n) is 5.16. The zero-order chi connectivity index (χ0) is 12.5. The van der Waals surface area contributed by atoms with Crippen LogP contribution >= 0.6 is 0 Å². The van der Waals surface area contributed by atoms with Gasteiger partial charge in [0.15, 0.2) is 11.5 Å². The second kappa shape index (κ2) is 4.34. The average Bonchev–Trinajstić information content (AvgIpc) is 2.15. The van der Waals surface area contributed by atoms with Gasteiger partial charge >= 0.3 is 0 Å². The van der Waals surface area contributed by atoms with Crippen molar-refractivity contribution in [3.63, 3.8) is 0 Å². The van der Waals surface area contributed by atoms with Crippen molar-refractivity contribution in [2.45, 2.75) is 39.2 Å². The molecule has 0 aromatic heterocycles. The van der Waals surface area contributed by atoms with E-state index in [2.05, 4.69) is 20.8 Å². The van der Waals surface area contributed by atoms with Crippen LogP contribution in [0.2, 0.25) is 0 Å². The summed E-state index contributed by atoms with van der Waals surface area (Å²) < 4.78 is 5.17. The molecule has 3 nitrogen and oxygen atoms in total. The Hall–Kier alpha value is -1.22. The largest absolute Gasteiger partial charge is 0.504 e. The van der Waals surface area contributed by atoms with Gasteiger partial charge in [0.2, 0.25) is 0 Å². The summed E-state index contributed by atoms with van der Waals surface area (Å²) in [5, 5.41) is 9.94. The molecule has 0 aliphatic heterocycles. The van der Waals surface area contributed by atoms with Crippen LogP contribution < -0.4 is 10.5 Å². The molecule has 0 amide bonds. The fraction of sp³-hybridized carbons (Fsp3) is 0.538. The van der Waals surface area contributed by atoms with Crippen LogP contribution in [0.5, 0.6) is 11.5 Å². The molecule has 3 N–H and O–H groups in total. The summed E-state index contributed by atoms with van der Waals surface area (Å²) in [7, 11) is 1.55. The summed E-state index contributed by atoms with van der Waals surface area (Å²) >= 11 is 0. The quantitative estimate of drug-likeness (QED) is 0.810. The van der Waals surface area contributed by atoms with Crippen LogP contribution in [0.4, 0.5) is 0 Å². The summed E-state index contributed by atoms with van der Waals surface area (Å²) in [6, 6.07) is 3.60. The second-order valence-corrected chi connectivity index (χ2v) is 5.16. The van der Waals surface area contributed by atoms with E-state index < -0.39 is 0 Å². The summed E-state index contributed by atoms with van der Waals surface area (Å²) in [4.78, 5) is 0. The predicted molar refractivity (Wildman–Crippen MR) is 66.0 cm³/mol. The SMILES string of the molecule is COc1cc(C(C)(C)C)cc(C(C)N)c1O. The maximum atomic E-state index is 9.94. The average molecular weight is 223 g/mol. The molecule has 1 aromatic rings. The van der Waals surface area contributed by atoms with Gasteiger partial charge < -0.3 is 15.6 Å². The minimum atomic E-state index is -0.212. The summed E-state index contributed by atoms with van der Waals surface area (Å²) in [6.45, 7) is 8.19. The zero-order valence-corrected chi connectivity index (χ0v) is 10.7. The number of hydrogen-bond acceptors (Lipinski definition) is 3. The Morgan fingerprint density at radius 3 is 2.25 bits per heavy atom. The summed E-state index contributed by atoms with van der Waals surface area (Å²) in [5.41, 5.74) is 7.67. The first kappa shape index (κ1) is 12.8. The molecule has 0 bridgehead atoms. The molecule has 0 aliphatic rings. The first-order valence-corrected chi connectivity index (χ1v) is 5.44. The van der Waals surface area contributed by atoms with Gasteiger partial charge in [-0.25, -0.2) is 0 Å². The third-order valence-electron chi connectivity index (χ3n) is 2.68. The summed E-state index contributed by atoms with van der Waals surface area (Å²) in [6.07, 6.45) is 0. The highest BCUT2D eigenvalue weighted by atomic mass is 16.5. The molecular formula is C13H21NO2. The molecule has 16 heavy (non-hydrogen) atoms.